The molecule has 6 heteroatoms. The number of ether oxygens (including phenoxy) is 1. The van der Waals surface area contributed by atoms with Gasteiger partial charge in [-0.1, -0.05) is 48.5 Å². The van der Waals surface area contributed by atoms with Crippen molar-refractivity contribution in [2.24, 2.45) is 16.6 Å². The van der Waals surface area contributed by atoms with E-state index in [2.05, 4.69) is 16.9 Å². The Morgan fingerprint density at radius 3 is 2.58 bits per heavy atom. The molecule has 0 spiro atoms. The third kappa shape index (κ3) is 4.61. The van der Waals surface area contributed by atoms with Crippen LogP contribution >= 0.6 is 11.6 Å². The SMILES string of the molecule is C=C(/N=C(C(=O)OC)\C(Cl)=C(/N)NC(C)c1ccccc1)C1CC1. The second kappa shape index (κ2) is 8.02. The molecule has 0 heterocycles. The maximum atomic E-state index is 12.0. The maximum absolute atomic E-state index is 12.0. The lowest BCUT2D eigenvalue weighted by Gasteiger charge is -2.17. The van der Waals surface area contributed by atoms with Crippen molar-refractivity contribution < 1.29 is 9.53 Å². The highest BCUT2D eigenvalue weighted by molar-refractivity contribution is 6.58. The minimum Gasteiger partial charge on any atom is -0.464 e. The summed E-state index contributed by atoms with van der Waals surface area (Å²) in [5.74, 6) is -0.161. The average molecular weight is 348 g/mol. The van der Waals surface area contributed by atoms with E-state index in [-0.39, 0.29) is 22.6 Å². The van der Waals surface area contributed by atoms with Gasteiger partial charge >= 0.3 is 5.97 Å². The van der Waals surface area contributed by atoms with Crippen molar-refractivity contribution in [2.75, 3.05) is 7.11 Å². The number of hydrogen-bond acceptors (Lipinski definition) is 5. The zero-order chi connectivity index (χ0) is 17.7. The van der Waals surface area contributed by atoms with Gasteiger partial charge in [-0.25, -0.2) is 9.79 Å². The van der Waals surface area contributed by atoms with Gasteiger partial charge in [0.05, 0.1) is 7.11 Å². The van der Waals surface area contributed by atoms with Gasteiger partial charge in [0.25, 0.3) is 0 Å². The van der Waals surface area contributed by atoms with E-state index in [9.17, 15) is 4.79 Å². The molecule has 1 atom stereocenters. The lowest BCUT2D eigenvalue weighted by molar-refractivity contribution is -0.132. The highest BCUT2D eigenvalue weighted by Gasteiger charge is 2.27. The van der Waals surface area contributed by atoms with Crippen molar-refractivity contribution in [2.45, 2.75) is 25.8 Å². The summed E-state index contributed by atoms with van der Waals surface area (Å²) in [6, 6.07) is 9.69. The summed E-state index contributed by atoms with van der Waals surface area (Å²) in [7, 11) is 1.28. The van der Waals surface area contributed by atoms with Gasteiger partial charge < -0.3 is 15.8 Å². The number of nitrogens with zero attached hydrogens (tertiary/aromatic N) is 1. The molecule has 24 heavy (non-hydrogen) atoms. The van der Waals surface area contributed by atoms with Gasteiger partial charge in [-0.05, 0) is 25.3 Å². The number of halogens is 1. The van der Waals surface area contributed by atoms with E-state index in [4.69, 9.17) is 22.1 Å². The summed E-state index contributed by atoms with van der Waals surface area (Å²) in [5.41, 5.74) is 7.68. The van der Waals surface area contributed by atoms with Gasteiger partial charge in [0.2, 0.25) is 0 Å². The number of rotatable bonds is 7. The topological polar surface area (TPSA) is 76.7 Å². The number of hydrogen-bond donors (Lipinski definition) is 2. The Morgan fingerprint density at radius 2 is 2.04 bits per heavy atom. The van der Waals surface area contributed by atoms with Crippen molar-refractivity contribution in [1.82, 2.24) is 5.32 Å². The van der Waals surface area contributed by atoms with E-state index in [0.717, 1.165) is 18.4 Å². The standard InChI is InChI=1S/C18H22ClN3O2/c1-11(14-9-10-14)21-16(18(23)24-3)15(19)17(20)22-12(2)13-7-5-4-6-8-13/h4-8,12,14,22H,1,9-10,20H2,2-3H3/b17-15-,21-16+. The van der Waals surface area contributed by atoms with Crippen molar-refractivity contribution in [3.05, 3.63) is 59.0 Å². The molecule has 1 aliphatic carbocycles. The zero-order valence-corrected chi connectivity index (χ0v) is 14.6. The number of methoxy groups -OCH3 is 1. The summed E-state index contributed by atoms with van der Waals surface area (Å²) < 4.78 is 4.76. The van der Waals surface area contributed by atoms with E-state index in [1.165, 1.54) is 7.11 Å². The smallest absolute Gasteiger partial charge is 0.358 e. The molecule has 2 rings (SSSR count). The van der Waals surface area contributed by atoms with Crippen LogP contribution in [0.2, 0.25) is 0 Å². The molecule has 5 nitrogen and oxygen atoms in total. The summed E-state index contributed by atoms with van der Waals surface area (Å²) in [4.78, 5) is 16.2. The van der Waals surface area contributed by atoms with Gasteiger partial charge in [-0.3, -0.25) is 0 Å². The molecular formula is C18H22ClN3O2. The summed E-state index contributed by atoms with van der Waals surface area (Å²) >= 11 is 6.29. The Bertz CT molecular complexity index is 679. The molecule has 0 amide bonds. The highest BCUT2D eigenvalue weighted by atomic mass is 35.5. The number of allylic oxidation sites excluding steroid dienone is 1. The minimum absolute atomic E-state index is 0.0265. The molecular weight excluding hydrogens is 326 g/mol. The first-order chi connectivity index (χ1) is 11.4. The molecule has 128 valence electrons. The maximum Gasteiger partial charge on any atom is 0.358 e. The Hall–Kier alpha value is -2.27. The zero-order valence-electron chi connectivity index (χ0n) is 13.9. The normalized spacial score (nSPS) is 16.9. The molecule has 0 radical (unpaired) electrons. The lowest BCUT2D eigenvalue weighted by Crippen LogP contribution is -2.28. The van der Waals surface area contributed by atoms with Gasteiger partial charge in [-0.2, -0.15) is 0 Å². The monoisotopic (exact) mass is 347 g/mol. The molecule has 0 bridgehead atoms. The average Bonchev–Trinajstić information content (AvgIpc) is 3.44. The molecule has 1 aliphatic rings. The lowest BCUT2D eigenvalue weighted by atomic mass is 10.1. The molecule has 1 saturated carbocycles. The Balaban J connectivity index is 2.22. The van der Waals surface area contributed by atoms with Crippen LogP contribution in [-0.4, -0.2) is 18.8 Å². The molecule has 0 aromatic heterocycles. The number of esters is 1. The van der Waals surface area contributed by atoms with Crippen molar-refractivity contribution in [3.63, 3.8) is 0 Å². The van der Waals surface area contributed by atoms with Crippen LogP contribution in [0.15, 0.2) is 58.5 Å². The first-order valence-electron chi connectivity index (χ1n) is 7.77. The predicted molar refractivity (Wildman–Crippen MR) is 96.4 cm³/mol. The first kappa shape index (κ1) is 18.1. The minimum atomic E-state index is -0.640. The fraction of sp³-hybridized carbons (Fsp3) is 0.333. The van der Waals surface area contributed by atoms with Crippen LogP contribution in [0.25, 0.3) is 0 Å². The number of nitrogens with one attached hydrogen (secondary N) is 1. The van der Waals surface area contributed by atoms with Crippen molar-refractivity contribution in [3.8, 4) is 0 Å². The van der Waals surface area contributed by atoms with Gasteiger partial charge in [0.1, 0.15) is 10.9 Å². The van der Waals surface area contributed by atoms with Crippen LogP contribution in [0.5, 0.6) is 0 Å². The van der Waals surface area contributed by atoms with Crippen LogP contribution in [0, 0.1) is 5.92 Å². The summed E-state index contributed by atoms with van der Waals surface area (Å²) in [6.07, 6.45) is 2.05. The van der Waals surface area contributed by atoms with Gasteiger partial charge in [0, 0.05) is 17.7 Å². The number of carbonyl (C=O) groups excluding carboxylic acids is 1. The molecule has 1 fully saturated rings. The fourth-order valence-electron chi connectivity index (χ4n) is 2.18. The van der Waals surface area contributed by atoms with Crippen LogP contribution < -0.4 is 11.1 Å². The Kier molecular flexibility index (Phi) is 6.04. The van der Waals surface area contributed by atoms with Gasteiger partial charge in [0.15, 0.2) is 5.71 Å². The Labute approximate surface area is 147 Å². The van der Waals surface area contributed by atoms with E-state index >= 15 is 0 Å². The second-order valence-electron chi connectivity index (χ2n) is 5.72. The van der Waals surface area contributed by atoms with Crippen molar-refractivity contribution >= 4 is 23.3 Å². The number of nitrogens with two attached hydrogens (primary N) is 1. The summed E-state index contributed by atoms with van der Waals surface area (Å²) in [5, 5.41) is 3.11. The number of aliphatic imine (C=N–C) groups is 1. The van der Waals surface area contributed by atoms with Crippen LogP contribution in [0.4, 0.5) is 0 Å². The van der Waals surface area contributed by atoms with Crippen LogP contribution in [-0.2, 0) is 9.53 Å². The molecule has 1 aromatic carbocycles. The Morgan fingerprint density at radius 1 is 1.42 bits per heavy atom. The largest absolute Gasteiger partial charge is 0.464 e. The predicted octanol–water partition coefficient (Wildman–Crippen LogP) is 3.24. The van der Waals surface area contributed by atoms with E-state index in [1.54, 1.807) is 0 Å². The third-order valence-corrected chi connectivity index (χ3v) is 4.18. The molecule has 0 saturated heterocycles. The summed E-state index contributed by atoms with van der Waals surface area (Å²) in [6.45, 7) is 5.83. The van der Waals surface area contributed by atoms with Gasteiger partial charge in [-0.15, -0.1) is 0 Å². The first-order valence-corrected chi connectivity index (χ1v) is 8.14. The molecule has 3 N–H and O–H groups in total. The number of carbonyl (C=O) groups is 1. The number of benzene rings is 1. The van der Waals surface area contributed by atoms with E-state index in [0.29, 0.717) is 11.6 Å². The quantitative estimate of drug-likeness (QED) is 0.586. The van der Waals surface area contributed by atoms with Crippen LogP contribution in [0.1, 0.15) is 31.4 Å². The second-order valence-corrected chi connectivity index (χ2v) is 6.10. The molecule has 1 unspecified atom stereocenters. The third-order valence-electron chi connectivity index (χ3n) is 3.80. The van der Waals surface area contributed by atoms with Crippen LogP contribution in [0.3, 0.4) is 0 Å². The van der Waals surface area contributed by atoms with Crippen molar-refractivity contribution in [1.29, 1.82) is 0 Å². The van der Waals surface area contributed by atoms with E-state index < -0.39 is 5.97 Å². The van der Waals surface area contributed by atoms with E-state index in [1.807, 2.05) is 37.3 Å². The fourth-order valence-corrected chi connectivity index (χ4v) is 2.36. The molecule has 1 aromatic rings. The highest BCUT2D eigenvalue weighted by Crippen LogP contribution is 2.36. The molecule has 0 aliphatic heterocycles.